The fourth-order valence-electron chi connectivity index (χ4n) is 5.50. The lowest BCUT2D eigenvalue weighted by Crippen LogP contribution is -2.55. The smallest absolute Gasteiger partial charge is 0.408 e. The van der Waals surface area contributed by atoms with E-state index in [4.69, 9.17) is 11.2 Å². The van der Waals surface area contributed by atoms with Crippen LogP contribution in [0.3, 0.4) is 0 Å². The minimum atomic E-state index is -1.13. The summed E-state index contributed by atoms with van der Waals surface area (Å²) in [6.45, 7) is 15.2. The summed E-state index contributed by atoms with van der Waals surface area (Å²) in [6.07, 6.45) is 6.70. The van der Waals surface area contributed by atoms with E-state index in [1.807, 2.05) is 39.0 Å². The highest BCUT2D eigenvalue weighted by Gasteiger charge is 2.40. The van der Waals surface area contributed by atoms with Crippen molar-refractivity contribution in [3.05, 3.63) is 94.5 Å². The quantitative estimate of drug-likeness (QED) is 0.178. The molecule has 0 fully saturated rings. The van der Waals surface area contributed by atoms with Gasteiger partial charge in [-0.2, -0.15) is 0 Å². The predicted octanol–water partition coefficient (Wildman–Crippen LogP) is 7.46. The lowest BCUT2D eigenvalue weighted by atomic mass is 9.93. The van der Waals surface area contributed by atoms with Crippen molar-refractivity contribution in [1.82, 2.24) is 10.2 Å². The molecule has 3 aromatic carbocycles. The van der Waals surface area contributed by atoms with Crippen LogP contribution in [-0.2, 0) is 20.7 Å². The molecule has 3 aromatic rings. The van der Waals surface area contributed by atoms with E-state index in [-0.39, 0.29) is 12.2 Å². The molecule has 0 heterocycles. The van der Waals surface area contributed by atoms with E-state index >= 15 is 0 Å². The third-order valence-corrected chi connectivity index (χ3v) is 7.92. The van der Waals surface area contributed by atoms with Crippen LogP contribution >= 0.6 is 0 Å². The zero-order valence-corrected chi connectivity index (χ0v) is 28.9. The molecule has 0 aliphatic heterocycles. The first-order valence-electron chi connectivity index (χ1n) is 16.1. The van der Waals surface area contributed by atoms with Crippen molar-refractivity contribution < 1.29 is 24.2 Å². The molecule has 0 saturated carbocycles. The van der Waals surface area contributed by atoms with E-state index in [1.54, 1.807) is 62.1 Å². The van der Waals surface area contributed by atoms with Crippen molar-refractivity contribution in [2.75, 3.05) is 5.32 Å². The fraction of sp³-hybridized carbons (Fsp3) is 0.410. The van der Waals surface area contributed by atoms with E-state index in [9.17, 15) is 19.5 Å². The molecule has 3 unspecified atom stereocenters. The Hall–Kier alpha value is -4.77. The van der Waals surface area contributed by atoms with Gasteiger partial charge >= 0.3 is 6.09 Å². The van der Waals surface area contributed by atoms with Crippen molar-refractivity contribution >= 4 is 23.6 Å². The Labute approximate surface area is 279 Å². The largest absolute Gasteiger partial charge is 0.508 e. The van der Waals surface area contributed by atoms with Gasteiger partial charge in [0.1, 0.15) is 23.4 Å². The molecular weight excluding hydrogens is 590 g/mol. The number of rotatable bonds is 12. The first-order chi connectivity index (χ1) is 22.1. The Morgan fingerprint density at radius 3 is 2.11 bits per heavy atom. The number of ether oxygens (including phenoxy) is 1. The standard InChI is InChI=1S/C39H49N3O5/c1-10-30-16-11-12-17-32(30)35(36(44)41-34-26(4)14-13-15-27(34)5)42(28(6)19-18-25(2)3)37(45)33(40-38(46)47-39(7,8)9)24-29-20-22-31(43)23-21-29/h1,11-17,20-23,25,28,33,35,43H,18-19,24H2,2-9H3,(H,40,46)(H,41,44). The van der Waals surface area contributed by atoms with E-state index in [2.05, 4.69) is 30.4 Å². The molecule has 3 atom stereocenters. The molecule has 8 nitrogen and oxygen atoms in total. The van der Waals surface area contributed by atoms with Crippen LogP contribution in [0.1, 0.15) is 88.2 Å². The third-order valence-electron chi connectivity index (χ3n) is 7.92. The monoisotopic (exact) mass is 639 g/mol. The number of amides is 3. The fourth-order valence-corrected chi connectivity index (χ4v) is 5.50. The highest BCUT2D eigenvalue weighted by Crippen LogP contribution is 2.32. The Bertz CT molecular complexity index is 1560. The van der Waals surface area contributed by atoms with Gasteiger partial charge in [-0.25, -0.2) is 4.79 Å². The highest BCUT2D eigenvalue weighted by molar-refractivity contribution is 6.00. The molecule has 3 N–H and O–H groups in total. The van der Waals surface area contributed by atoms with Gasteiger partial charge in [0.2, 0.25) is 5.91 Å². The average Bonchev–Trinajstić information content (AvgIpc) is 3.00. The average molecular weight is 640 g/mol. The maximum atomic E-state index is 15.0. The van der Waals surface area contributed by atoms with Gasteiger partial charge in [0.15, 0.2) is 0 Å². The van der Waals surface area contributed by atoms with Gasteiger partial charge in [0.05, 0.1) is 0 Å². The van der Waals surface area contributed by atoms with Gasteiger partial charge in [-0.1, -0.05) is 68.3 Å². The minimum Gasteiger partial charge on any atom is -0.508 e. The van der Waals surface area contributed by atoms with E-state index in [1.165, 1.54) is 12.1 Å². The summed E-state index contributed by atoms with van der Waals surface area (Å²) in [5.41, 5.74) is 3.31. The van der Waals surface area contributed by atoms with E-state index < -0.39 is 41.6 Å². The van der Waals surface area contributed by atoms with Crippen LogP contribution in [0.25, 0.3) is 0 Å². The normalized spacial score (nSPS) is 13.2. The van der Waals surface area contributed by atoms with Crippen LogP contribution in [0.2, 0.25) is 0 Å². The molecule has 3 amide bonds. The zero-order valence-electron chi connectivity index (χ0n) is 28.9. The summed E-state index contributed by atoms with van der Waals surface area (Å²) in [5.74, 6) is 2.24. The number of carbonyl (C=O) groups is 3. The maximum absolute atomic E-state index is 15.0. The first-order valence-corrected chi connectivity index (χ1v) is 16.1. The molecule has 250 valence electrons. The Kier molecular flexibility index (Phi) is 12.6. The number of nitrogens with zero attached hydrogens (tertiary/aromatic N) is 1. The molecule has 0 aromatic heterocycles. The second-order valence-corrected chi connectivity index (χ2v) is 13.5. The number of aromatic hydroxyl groups is 1. The summed E-state index contributed by atoms with van der Waals surface area (Å²) in [4.78, 5) is 44.3. The van der Waals surface area contributed by atoms with E-state index in [0.29, 0.717) is 34.7 Å². The van der Waals surface area contributed by atoms with Crippen molar-refractivity contribution in [1.29, 1.82) is 0 Å². The topological polar surface area (TPSA) is 108 Å². The van der Waals surface area contributed by atoms with Crippen LogP contribution in [0, 0.1) is 32.1 Å². The number of hydrogen-bond acceptors (Lipinski definition) is 5. The van der Waals surface area contributed by atoms with Crippen LogP contribution in [0.15, 0.2) is 66.7 Å². The summed E-state index contributed by atoms with van der Waals surface area (Å²) < 4.78 is 5.56. The van der Waals surface area contributed by atoms with Crippen molar-refractivity contribution in [2.45, 2.75) is 98.4 Å². The Balaban J connectivity index is 2.21. The van der Waals surface area contributed by atoms with Gasteiger partial charge in [0.25, 0.3) is 5.91 Å². The molecule has 0 radical (unpaired) electrons. The first kappa shape index (κ1) is 36.7. The molecule has 0 spiro atoms. The molecule has 0 saturated heterocycles. The van der Waals surface area contributed by atoms with E-state index in [0.717, 1.165) is 17.5 Å². The number of phenolic OH excluding ortho intramolecular Hbond substituents is 1. The van der Waals surface area contributed by atoms with Gasteiger partial charge in [-0.05, 0) is 101 Å². The predicted molar refractivity (Wildman–Crippen MR) is 187 cm³/mol. The number of nitrogens with one attached hydrogen (secondary N) is 2. The molecule has 0 bridgehead atoms. The number of terminal acetylenes is 1. The second-order valence-electron chi connectivity index (χ2n) is 13.5. The molecule has 3 rings (SSSR count). The lowest BCUT2D eigenvalue weighted by Gasteiger charge is -2.39. The number of alkyl carbamates (subject to hydrolysis) is 1. The van der Waals surface area contributed by atoms with Gasteiger partial charge in [-0.15, -0.1) is 6.42 Å². The second kappa shape index (κ2) is 16.2. The summed E-state index contributed by atoms with van der Waals surface area (Å²) in [5, 5.41) is 15.8. The van der Waals surface area contributed by atoms with Crippen LogP contribution in [0.5, 0.6) is 5.75 Å². The van der Waals surface area contributed by atoms with Crippen molar-refractivity contribution in [3.63, 3.8) is 0 Å². The highest BCUT2D eigenvalue weighted by atomic mass is 16.6. The van der Waals surface area contributed by atoms with Crippen LogP contribution < -0.4 is 10.6 Å². The van der Waals surface area contributed by atoms with Gasteiger partial charge < -0.3 is 25.4 Å². The van der Waals surface area contributed by atoms with Gasteiger partial charge in [0, 0.05) is 23.7 Å². The molecule has 0 aliphatic rings. The SMILES string of the molecule is C#Cc1ccccc1C(C(=O)Nc1c(C)cccc1C)N(C(=O)C(Cc1ccc(O)cc1)NC(=O)OC(C)(C)C)C(C)CCC(C)C. The number of benzene rings is 3. The van der Waals surface area contributed by atoms with Crippen molar-refractivity contribution in [2.24, 2.45) is 5.92 Å². The summed E-state index contributed by atoms with van der Waals surface area (Å²) >= 11 is 0. The lowest BCUT2D eigenvalue weighted by molar-refractivity contribution is -0.143. The number of aryl methyl sites for hydroxylation is 2. The van der Waals surface area contributed by atoms with Gasteiger partial charge in [-0.3, -0.25) is 9.59 Å². The third kappa shape index (κ3) is 10.4. The number of phenols is 1. The molecule has 8 heteroatoms. The minimum absolute atomic E-state index is 0.0785. The number of carbonyl (C=O) groups excluding carboxylic acids is 3. The van der Waals surface area contributed by atoms with Crippen LogP contribution in [-0.4, -0.2) is 45.6 Å². The van der Waals surface area contributed by atoms with Crippen molar-refractivity contribution in [3.8, 4) is 18.1 Å². The molecule has 47 heavy (non-hydrogen) atoms. The Morgan fingerprint density at radius 1 is 0.915 bits per heavy atom. The Morgan fingerprint density at radius 2 is 1.53 bits per heavy atom. The molecular formula is C39H49N3O5. The number of hydrogen-bond donors (Lipinski definition) is 3. The maximum Gasteiger partial charge on any atom is 0.408 e. The molecule has 0 aliphatic carbocycles. The number of anilines is 1. The summed E-state index contributed by atoms with van der Waals surface area (Å²) in [6, 6.07) is 16.7. The zero-order chi connectivity index (χ0) is 34.9. The number of para-hydroxylation sites is 1. The summed E-state index contributed by atoms with van der Waals surface area (Å²) in [7, 11) is 0. The van der Waals surface area contributed by atoms with Crippen LogP contribution in [0.4, 0.5) is 10.5 Å².